The van der Waals surface area contributed by atoms with Crippen molar-refractivity contribution in [3.63, 3.8) is 0 Å². The first-order valence-electron chi connectivity index (χ1n) is 5.46. The minimum atomic E-state index is -1.07. The van der Waals surface area contributed by atoms with E-state index in [9.17, 15) is 9.59 Å². The third kappa shape index (κ3) is 3.60. The molecule has 0 aliphatic carbocycles. The lowest BCUT2D eigenvalue weighted by Crippen LogP contribution is -2.13. The zero-order valence-corrected chi connectivity index (χ0v) is 10.9. The van der Waals surface area contributed by atoms with E-state index in [1.807, 2.05) is 6.92 Å². The third-order valence-electron chi connectivity index (χ3n) is 2.33. The smallest absolute Gasteiger partial charge is 0.335 e. The Kier molecular flexibility index (Phi) is 4.92. The lowest BCUT2D eigenvalue weighted by Gasteiger charge is -2.08. The Labute approximate surface area is 110 Å². The third-order valence-corrected chi connectivity index (χ3v) is 2.66. The average Bonchev–Trinajstić information content (AvgIpc) is 2.31. The number of rotatable bonds is 4. The zero-order chi connectivity index (χ0) is 13.7. The fourth-order valence-corrected chi connectivity index (χ4v) is 1.54. The second-order valence-electron chi connectivity index (χ2n) is 3.75. The Balaban J connectivity index is 2.97. The maximum absolute atomic E-state index is 11.8. The molecule has 0 bridgehead atoms. The van der Waals surface area contributed by atoms with Crippen LogP contribution in [0.3, 0.4) is 0 Å². The normalized spacial score (nSPS) is 11.2. The standard InChI is InChI=1S/C13H14ClNO3/c1-3-4-8(2)12(16)15-11-7-9(13(17)18)5-6-10(11)14/h4-7H,3H2,1-2H3,(H,15,16)(H,17,18)/b8-4+. The second kappa shape index (κ2) is 6.21. The van der Waals surface area contributed by atoms with Crippen LogP contribution >= 0.6 is 11.6 Å². The largest absolute Gasteiger partial charge is 0.478 e. The molecule has 2 N–H and O–H groups in total. The van der Waals surface area contributed by atoms with Crippen LogP contribution < -0.4 is 5.32 Å². The summed E-state index contributed by atoms with van der Waals surface area (Å²) in [6.45, 7) is 3.61. The first-order chi connectivity index (χ1) is 8.45. The maximum Gasteiger partial charge on any atom is 0.335 e. The van der Waals surface area contributed by atoms with Crippen LogP contribution in [0.15, 0.2) is 29.8 Å². The molecular weight excluding hydrogens is 254 g/mol. The highest BCUT2D eigenvalue weighted by molar-refractivity contribution is 6.34. The van der Waals surface area contributed by atoms with E-state index in [1.54, 1.807) is 13.0 Å². The molecule has 0 heterocycles. The Morgan fingerprint density at radius 3 is 2.67 bits per heavy atom. The van der Waals surface area contributed by atoms with Gasteiger partial charge in [-0.15, -0.1) is 0 Å². The van der Waals surface area contributed by atoms with E-state index in [1.165, 1.54) is 18.2 Å². The van der Waals surface area contributed by atoms with Gasteiger partial charge in [-0.25, -0.2) is 4.79 Å². The monoisotopic (exact) mass is 267 g/mol. The van der Waals surface area contributed by atoms with Crippen molar-refractivity contribution in [2.24, 2.45) is 0 Å². The highest BCUT2D eigenvalue weighted by atomic mass is 35.5. The molecule has 18 heavy (non-hydrogen) atoms. The average molecular weight is 268 g/mol. The fraction of sp³-hybridized carbons (Fsp3) is 0.231. The highest BCUT2D eigenvalue weighted by Gasteiger charge is 2.10. The number of benzene rings is 1. The van der Waals surface area contributed by atoms with E-state index in [2.05, 4.69) is 5.32 Å². The summed E-state index contributed by atoms with van der Waals surface area (Å²) in [7, 11) is 0. The molecule has 4 nitrogen and oxygen atoms in total. The minimum absolute atomic E-state index is 0.0758. The van der Waals surface area contributed by atoms with Gasteiger partial charge in [0.25, 0.3) is 5.91 Å². The number of allylic oxidation sites excluding steroid dienone is 1. The van der Waals surface area contributed by atoms with Crippen LogP contribution in [0.25, 0.3) is 0 Å². The number of nitrogens with one attached hydrogen (secondary N) is 1. The van der Waals surface area contributed by atoms with Gasteiger partial charge >= 0.3 is 5.97 Å². The number of halogens is 1. The Bertz CT molecular complexity index is 509. The molecule has 0 aromatic heterocycles. The predicted octanol–water partition coefficient (Wildman–Crippen LogP) is 3.33. The molecule has 5 heteroatoms. The van der Waals surface area contributed by atoms with E-state index in [4.69, 9.17) is 16.7 Å². The summed E-state index contributed by atoms with van der Waals surface area (Å²) in [6, 6.07) is 4.16. The second-order valence-corrected chi connectivity index (χ2v) is 4.16. The fourth-order valence-electron chi connectivity index (χ4n) is 1.37. The number of anilines is 1. The van der Waals surface area contributed by atoms with Crippen LogP contribution in [0.1, 0.15) is 30.6 Å². The van der Waals surface area contributed by atoms with Gasteiger partial charge in [0.2, 0.25) is 0 Å². The van der Waals surface area contributed by atoms with E-state index in [0.29, 0.717) is 16.3 Å². The van der Waals surface area contributed by atoms with Gasteiger partial charge in [-0.05, 0) is 31.5 Å². The molecule has 0 atom stereocenters. The van der Waals surface area contributed by atoms with Crippen LogP contribution in [0.2, 0.25) is 5.02 Å². The maximum atomic E-state index is 11.8. The van der Waals surface area contributed by atoms with Crippen molar-refractivity contribution < 1.29 is 14.7 Å². The van der Waals surface area contributed by atoms with Crippen molar-refractivity contribution in [1.82, 2.24) is 0 Å². The van der Waals surface area contributed by atoms with Gasteiger partial charge in [0.1, 0.15) is 0 Å². The quantitative estimate of drug-likeness (QED) is 0.822. The van der Waals surface area contributed by atoms with Crippen molar-refractivity contribution >= 4 is 29.2 Å². The van der Waals surface area contributed by atoms with Gasteiger partial charge in [0.05, 0.1) is 16.3 Å². The van der Waals surface area contributed by atoms with Crippen molar-refractivity contribution in [2.75, 3.05) is 5.32 Å². The molecule has 0 radical (unpaired) electrons. The molecule has 0 fully saturated rings. The molecule has 0 saturated heterocycles. The van der Waals surface area contributed by atoms with Crippen LogP contribution in [0.5, 0.6) is 0 Å². The van der Waals surface area contributed by atoms with Gasteiger partial charge < -0.3 is 10.4 Å². The molecule has 1 amide bonds. The summed E-state index contributed by atoms with van der Waals surface area (Å²) in [6.07, 6.45) is 2.53. The number of hydrogen-bond acceptors (Lipinski definition) is 2. The molecule has 0 unspecified atom stereocenters. The summed E-state index contributed by atoms with van der Waals surface area (Å²) in [4.78, 5) is 22.6. The molecule has 1 aromatic carbocycles. The first kappa shape index (κ1) is 14.3. The summed E-state index contributed by atoms with van der Waals surface area (Å²) in [5.74, 6) is -1.36. The Hall–Kier alpha value is -1.81. The number of aromatic carboxylic acids is 1. The number of carbonyl (C=O) groups excluding carboxylic acids is 1. The molecular formula is C13H14ClNO3. The summed E-state index contributed by atoms with van der Waals surface area (Å²) >= 11 is 5.90. The topological polar surface area (TPSA) is 66.4 Å². The van der Waals surface area contributed by atoms with E-state index < -0.39 is 5.97 Å². The number of carboxylic acids is 1. The molecule has 0 aliphatic heterocycles. The van der Waals surface area contributed by atoms with Gasteiger partial charge in [0.15, 0.2) is 0 Å². The van der Waals surface area contributed by atoms with Crippen molar-refractivity contribution in [1.29, 1.82) is 0 Å². The summed E-state index contributed by atoms with van der Waals surface area (Å²) in [5, 5.41) is 11.8. The lowest BCUT2D eigenvalue weighted by molar-refractivity contribution is -0.112. The zero-order valence-electron chi connectivity index (χ0n) is 10.2. The van der Waals surface area contributed by atoms with Crippen molar-refractivity contribution in [3.8, 4) is 0 Å². The van der Waals surface area contributed by atoms with Gasteiger partial charge in [-0.2, -0.15) is 0 Å². The van der Waals surface area contributed by atoms with Crippen molar-refractivity contribution in [2.45, 2.75) is 20.3 Å². The Morgan fingerprint density at radius 1 is 1.44 bits per heavy atom. The van der Waals surface area contributed by atoms with Crippen LogP contribution in [0, 0.1) is 0 Å². The number of carboxylic acid groups (broad SMARTS) is 1. The number of amides is 1. The van der Waals surface area contributed by atoms with Crippen LogP contribution in [0.4, 0.5) is 5.69 Å². The highest BCUT2D eigenvalue weighted by Crippen LogP contribution is 2.23. The van der Waals surface area contributed by atoms with E-state index >= 15 is 0 Å². The molecule has 0 saturated carbocycles. The summed E-state index contributed by atoms with van der Waals surface area (Å²) in [5.41, 5.74) is 0.937. The van der Waals surface area contributed by atoms with E-state index in [-0.39, 0.29) is 11.5 Å². The van der Waals surface area contributed by atoms with Crippen LogP contribution in [-0.4, -0.2) is 17.0 Å². The molecule has 1 rings (SSSR count). The number of carbonyl (C=O) groups is 2. The molecule has 1 aromatic rings. The van der Waals surface area contributed by atoms with Gasteiger partial charge in [-0.3, -0.25) is 4.79 Å². The first-order valence-corrected chi connectivity index (χ1v) is 5.84. The van der Waals surface area contributed by atoms with Crippen molar-refractivity contribution in [3.05, 3.63) is 40.4 Å². The molecule has 96 valence electrons. The minimum Gasteiger partial charge on any atom is -0.478 e. The van der Waals surface area contributed by atoms with Gasteiger partial charge in [0, 0.05) is 5.57 Å². The number of hydrogen-bond donors (Lipinski definition) is 2. The van der Waals surface area contributed by atoms with E-state index in [0.717, 1.165) is 6.42 Å². The summed E-state index contributed by atoms with van der Waals surface area (Å²) < 4.78 is 0. The Morgan fingerprint density at radius 2 is 2.11 bits per heavy atom. The van der Waals surface area contributed by atoms with Gasteiger partial charge in [-0.1, -0.05) is 24.6 Å². The SMILES string of the molecule is CC/C=C(\C)C(=O)Nc1cc(C(=O)O)ccc1Cl. The molecule has 0 spiro atoms. The molecule has 0 aliphatic rings. The van der Waals surface area contributed by atoms with Crippen LogP contribution in [-0.2, 0) is 4.79 Å². The lowest BCUT2D eigenvalue weighted by atomic mass is 10.2. The predicted molar refractivity (Wildman–Crippen MR) is 71.1 cm³/mol.